The van der Waals surface area contributed by atoms with Gasteiger partial charge in [-0.05, 0) is 0 Å². The van der Waals surface area contributed by atoms with E-state index in [1.165, 1.54) is 18.0 Å². The minimum absolute atomic E-state index is 0.0420. The van der Waals surface area contributed by atoms with Gasteiger partial charge >= 0.3 is 5.97 Å². The van der Waals surface area contributed by atoms with Crippen molar-refractivity contribution in [2.24, 2.45) is 7.05 Å². The summed E-state index contributed by atoms with van der Waals surface area (Å²) in [5.41, 5.74) is 0.106. The summed E-state index contributed by atoms with van der Waals surface area (Å²) in [6, 6.07) is 0. The molecule has 1 amide bonds. The zero-order valence-electron chi connectivity index (χ0n) is 9.10. The second-order valence-corrected chi connectivity index (χ2v) is 3.07. The van der Waals surface area contributed by atoms with Gasteiger partial charge in [0.2, 0.25) is 5.78 Å². The Morgan fingerprint density at radius 1 is 1.44 bits per heavy atom. The second-order valence-electron chi connectivity index (χ2n) is 3.07. The Balaban J connectivity index is 2.99. The van der Waals surface area contributed by atoms with Crippen LogP contribution in [0.5, 0.6) is 0 Å². The van der Waals surface area contributed by atoms with Crippen LogP contribution in [0.25, 0.3) is 0 Å². The molecule has 0 spiro atoms. The highest BCUT2D eigenvalue weighted by atomic mass is 16.5. The Hall–Kier alpha value is -2.18. The zero-order chi connectivity index (χ0) is 12.3. The number of amides is 1. The van der Waals surface area contributed by atoms with Crippen LogP contribution in [0.15, 0.2) is 6.20 Å². The summed E-state index contributed by atoms with van der Waals surface area (Å²) in [4.78, 5) is 33.1. The number of esters is 1. The normalized spacial score (nSPS) is 9.69. The van der Waals surface area contributed by atoms with E-state index in [0.29, 0.717) is 0 Å². The molecule has 16 heavy (non-hydrogen) atoms. The summed E-state index contributed by atoms with van der Waals surface area (Å²) in [6.45, 7) is 1.13. The first-order valence-electron chi connectivity index (χ1n) is 4.39. The number of ketones is 1. The maximum atomic E-state index is 11.3. The third-order valence-corrected chi connectivity index (χ3v) is 1.78. The van der Waals surface area contributed by atoms with Crippen molar-refractivity contribution in [3.63, 3.8) is 0 Å². The van der Waals surface area contributed by atoms with Crippen LogP contribution in [0, 0.1) is 0 Å². The maximum Gasteiger partial charge on any atom is 0.360 e. The van der Waals surface area contributed by atoms with Gasteiger partial charge in [-0.2, -0.15) is 5.10 Å². The Bertz CT molecular complexity index is 450. The molecule has 0 fully saturated rings. The fourth-order valence-electron chi connectivity index (χ4n) is 1.04. The molecule has 1 heterocycles. The highest BCUT2D eigenvalue weighted by molar-refractivity contribution is 6.40. The van der Waals surface area contributed by atoms with Crippen molar-refractivity contribution in [1.82, 2.24) is 9.78 Å². The molecule has 0 atom stereocenters. The van der Waals surface area contributed by atoms with Crippen molar-refractivity contribution in [1.29, 1.82) is 0 Å². The average Bonchev–Trinajstić information content (AvgIpc) is 2.58. The van der Waals surface area contributed by atoms with Gasteiger partial charge in [0.1, 0.15) is 0 Å². The number of nitrogens with zero attached hydrogens (tertiary/aromatic N) is 2. The smallest absolute Gasteiger partial charge is 0.360 e. The fraction of sp³-hybridized carbons (Fsp3) is 0.333. The van der Waals surface area contributed by atoms with E-state index in [-0.39, 0.29) is 11.4 Å². The number of Topliss-reactive ketones (excluding diaryl/α,β-unsaturated/α-hetero) is 1. The number of hydrogen-bond acceptors (Lipinski definition) is 5. The predicted molar refractivity (Wildman–Crippen MR) is 53.9 cm³/mol. The van der Waals surface area contributed by atoms with Crippen molar-refractivity contribution < 1.29 is 19.1 Å². The summed E-state index contributed by atoms with van der Waals surface area (Å²) < 4.78 is 5.82. The predicted octanol–water partition coefficient (Wildman–Crippen LogP) is -0.266. The number of rotatable bonds is 3. The van der Waals surface area contributed by atoms with Crippen molar-refractivity contribution >= 4 is 23.3 Å². The van der Waals surface area contributed by atoms with Crippen LogP contribution < -0.4 is 5.32 Å². The third kappa shape index (κ3) is 2.44. The number of carbonyl (C=O) groups excluding carboxylic acids is 3. The molecule has 0 aromatic carbocycles. The molecular formula is C9H11N3O4. The van der Waals surface area contributed by atoms with Crippen LogP contribution in [0.3, 0.4) is 0 Å². The van der Waals surface area contributed by atoms with Crippen LogP contribution in [0.4, 0.5) is 5.69 Å². The minimum Gasteiger partial charge on any atom is -0.464 e. The number of hydrogen-bond donors (Lipinski definition) is 1. The molecule has 0 saturated carbocycles. The molecule has 7 heteroatoms. The third-order valence-electron chi connectivity index (χ3n) is 1.78. The van der Waals surface area contributed by atoms with Crippen molar-refractivity contribution in [3.8, 4) is 0 Å². The maximum absolute atomic E-state index is 11.3. The van der Waals surface area contributed by atoms with E-state index in [1.807, 2.05) is 0 Å². The number of nitrogens with one attached hydrogen (secondary N) is 1. The monoisotopic (exact) mass is 225 g/mol. The lowest BCUT2D eigenvalue weighted by atomic mass is 10.3. The molecule has 0 aliphatic heterocycles. The molecule has 0 unspecified atom stereocenters. The van der Waals surface area contributed by atoms with Gasteiger partial charge in [0, 0.05) is 20.2 Å². The van der Waals surface area contributed by atoms with Gasteiger partial charge in [-0.15, -0.1) is 0 Å². The highest BCUT2D eigenvalue weighted by Crippen LogP contribution is 2.13. The number of methoxy groups -OCH3 is 1. The zero-order valence-corrected chi connectivity index (χ0v) is 9.10. The lowest BCUT2D eigenvalue weighted by Gasteiger charge is -2.00. The molecule has 1 aromatic rings. The largest absolute Gasteiger partial charge is 0.464 e. The van der Waals surface area contributed by atoms with E-state index in [4.69, 9.17) is 0 Å². The number of aryl methyl sites for hydroxylation is 1. The molecule has 0 bridgehead atoms. The van der Waals surface area contributed by atoms with E-state index in [9.17, 15) is 14.4 Å². The van der Waals surface area contributed by atoms with Crippen LogP contribution in [-0.2, 0) is 21.4 Å². The van der Waals surface area contributed by atoms with Gasteiger partial charge in [-0.3, -0.25) is 14.3 Å². The highest BCUT2D eigenvalue weighted by Gasteiger charge is 2.19. The Kier molecular flexibility index (Phi) is 3.39. The summed E-state index contributed by atoms with van der Waals surface area (Å²) in [5.74, 6) is -2.14. The van der Waals surface area contributed by atoms with Crippen LogP contribution in [-0.4, -0.2) is 34.6 Å². The van der Waals surface area contributed by atoms with E-state index in [1.54, 1.807) is 7.05 Å². The Morgan fingerprint density at radius 2 is 2.06 bits per heavy atom. The quantitative estimate of drug-likeness (QED) is 0.565. The fourth-order valence-corrected chi connectivity index (χ4v) is 1.04. The van der Waals surface area contributed by atoms with Gasteiger partial charge in [-0.1, -0.05) is 0 Å². The van der Waals surface area contributed by atoms with Gasteiger partial charge in [-0.25, -0.2) is 4.79 Å². The van der Waals surface area contributed by atoms with Crippen LogP contribution in [0.1, 0.15) is 17.4 Å². The summed E-state index contributed by atoms with van der Waals surface area (Å²) >= 11 is 0. The first kappa shape index (κ1) is 11.9. The molecule has 1 rings (SSSR count). The van der Waals surface area contributed by atoms with E-state index in [0.717, 1.165) is 6.92 Å². The van der Waals surface area contributed by atoms with Gasteiger partial charge in [0.15, 0.2) is 5.69 Å². The SMILES string of the molecule is COC(=O)c1nn(C)cc1NC(=O)C(C)=O. The lowest BCUT2D eigenvalue weighted by Crippen LogP contribution is -2.21. The first-order valence-corrected chi connectivity index (χ1v) is 4.39. The van der Waals surface area contributed by atoms with Crippen molar-refractivity contribution in [3.05, 3.63) is 11.9 Å². The summed E-state index contributed by atoms with van der Waals surface area (Å²) in [6.07, 6.45) is 1.41. The number of carbonyl (C=O) groups is 3. The van der Waals surface area contributed by atoms with Crippen molar-refractivity contribution in [2.75, 3.05) is 12.4 Å². The molecule has 0 aliphatic carbocycles. The number of anilines is 1. The van der Waals surface area contributed by atoms with Gasteiger partial charge in [0.05, 0.1) is 12.8 Å². The van der Waals surface area contributed by atoms with Crippen LogP contribution >= 0.6 is 0 Å². The molecule has 1 aromatic heterocycles. The molecule has 0 aliphatic rings. The lowest BCUT2D eigenvalue weighted by molar-refractivity contribution is -0.133. The van der Waals surface area contributed by atoms with E-state index < -0.39 is 17.7 Å². The van der Waals surface area contributed by atoms with Gasteiger partial charge in [0.25, 0.3) is 5.91 Å². The summed E-state index contributed by atoms with van der Waals surface area (Å²) in [5, 5.41) is 6.08. The number of aromatic nitrogens is 2. The Labute approximate surface area is 91.4 Å². The summed E-state index contributed by atoms with van der Waals surface area (Å²) in [7, 11) is 2.78. The molecule has 7 nitrogen and oxygen atoms in total. The molecule has 1 N–H and O–H groups in total. The molecule has 0 saturated heterocycles. The van der Waals surface area contributed by atoms with Gasteiger partial charge < -0.3 is 10.1 Å². The Morgan fingerprint density at radius 3 is 2.56 bits per heavy atom. The molecule has 0 radical (unpaired) electrons. The van der Waals surface area contributed by atoms with Crippen molar-refractivity contribution in [2.45, 2.75) is 6.92 Å². The van der Waals surface area contributed by atoms with Crippen LogP contribution in [0.2, 0.25) is 0 Å². The molecular weight excluding hydrogens is 214 g/mol. The number of ether oxygens (including phenoxy) is 1. The standard InChI is InChI=1S/C9H11N3O4/c1-5(13)8(14)10-6-4-12(2)11-7(6)9(15)16-3/h4H,1-3H3,(H,10,14). The average molecular weight is 225 g/mol. The van der Waals surface area contributed by atoms with E-state index in [2.05, 4.69) is 15.2 Å². The second kappa shape index (κ2) is 4.56. The topological polar surface area (TPSA) is 90.3 Å². The molecule has 86 valence electrons. The minimum atomic E-state index is -0.807. The van der Waals surface area contributed by atoms with E-state index >= 15 is 0 Å². The first-order chi connectivity index (χ1) is 7.45.